The Morgan fingerprint density at radius 2 is 2.00 bits per heavy atom. The van der Waals surface area contributed by atoms with Crippen LogP contribution in [-0.4, -0.2) is 35.6 Å². The van der Waals surface area contributed by atoms with Crippen LogP contribution in [0.1, 0.15) is 12.8 Å². The number of aromatic nitrogens is 2. The molecule has 1 aromatic heterocycles. The van der Waals surface area contributed by atoms with Gasteiger partial charge in [0.25, 0.3) is 0 Å². The van der Waals surface area contributed by atoms with Crippen LogP contribution in [0.25, 0.3) is 0 Å². The molecule has 1 aromatic carbocycles. The van der Waals surface area contributed by atoms with E-state index in [1.54, 1.807) is 6.20 Å². The highest BCUT2D eigenvalue weighted by Crippen LogP contribution is 2.25. The lowest BCUT2D eigenvalue weighted by Gasteiger charge is -2.31. The van der Waals surface area contributed by atoms with Crippen molar-refractivity contribution in [2.45, 2.75) is 24.3 Å². The molecule has 0 spiro atoms. The Balaban J connectivity index is 1.65. The minimum Gasteiger partial charge on any atom is -0.272 e. The number of piperidine rings is 1. The summed E-state index contributed by atoms with van der Waals surface area (Å²) in [4.78, 5) is 0.0260. The summed E-state index contributed by atoms with van der Waals surface area (Å²) in [5.74, 6) is -0.117. The van der Waals surface area contributed by atoms with Crippen LogP contribution in [0.4, 0.5) is 4.39 Å². The lowest BCUT2D eigenvalue weighted by molar-refractivity contribution is 0.247. The van der Waals surface area contributed by atoms with Gasteiger partial charge in [-0.25, -0.2) is 12.8 Å². The Bertz CT molecular complexity index is 723. The molecule has 2 aromatic rings. The first-order valence-corrected chi connectivity index (χ1v) is 8.73. The van der Waals surface area contributed by atoms with Gasteiger partial charge in [-0.15, -0.1) is 0 Å². The predicted octanol–water partition coefficient (Wildman–Crippen LogP) is 2.12. The van der Waals surface area contributed by atoms with Crippen molar-refractivity contribution in [3.05, 3.63) is 48.5 Å². The van der Waals surface area contributed by atoms with Crippen molar-refractivity contribution >= 4 is 10.0 Å². The quantitative estimate of drug-likeness (QED) is 0.866. The Labute approximate surface area is 129 Å². The van der Waals surface area contributed by atoms with E-state index in [9.17, 15) is 12.8 Å². The molecule has 0 unspecified atom stereocenters. The SMILES string of the molecule is O=S(=O)(c1cccc(F)c1)N1CCC(Cn2cccn2)CC1. The molecule has 0 radical (unpaired) electrons. The lowest BCUT2D eigenvalue weighted by Crippen LogP contribution is -2.39. The third-order valence-corrected chi connectivity index (χ3v) is 5.91. The van der Waals surface area contributed by atoms with Crippen LogP contribution >= 0.6 is 0 Å². The minimum absolute atomic E-state index is 0.0260. The first-order chi connectivity index (χ1) is 10.6. The van der Waals surface area contributed by atoms with E-state index in [2.05, 4.69) is 5.10 Å². The van der Waals surface area contributed by atoms with Crippen molar-refractivity contribution in [1.82, 2.24) is 14.1 Å². The molecule has 0 bridgehead atoms. The number of rotatable bonds is 4. The lowest BCUT2D eigenvalue weighted by atomic mass is 9.98. The van der Waals surface area contributed by atoms with Gasteiger partial charge >= 0.3 is 0 Å². The fraction of sp³-hybridized carbons (Fsp3) is 0.400. The van der Waals surface area contributed by atoms with Gasteiger partial charge < -0.3 is 0 Å². The normalized spacial score (nSPS) is 17.7. The molecule has 0 aliphatic carbocycles. The highest BCUT2D eigenvalue weighted by molar-refractivity contribution is 7.89. The summed E-state index contributed by atoms with van der Waals surface area (Å²) in [6, 6.07) is 7.06. The molecule has 1 fully saturated rings. The van der Waals surface area contributed by atoms with E-state index in [1.807, 2.05) is 16.9 Å². The Morgan fingerprint density at radius 1 is 1.23 bits per heavy atom. The summed E-state index contributed by atoms with van der Waals surface area (Å²) in [7, 11) is -3.60. The largest absolute Gasteiger partial charge is 0.272 e. The summed E-state index contributed by atoms with van der Waals surface area (Å²) in [5, 5.41) is 4.18. The smallest absolute Gasteiger partial charge is 0.243 e. The van der Waals surface area contributed by atoms with Gasteiger partial charge in [0.2, 0.25) is 10.0 Å². The fourth-order valence-corrected chi connectivity index (χ4v) is 4.28. The molecular weight excluding hydrogens is 305 g/mol. The van der Waals surface area contributed by atoms with Crippen molar-refractivity contribution in [3.63, 3.8) is 0 Å². The van der Waals surface area contributed by atoms with E-state index in [-0.39, 0.29) is 4.90 Å². The summed E-state index contributed by atoms with van der Waals surface area (Å²) in [5.41, 5.74) is 0. The van der Waals surface area contributed by atoms with Gasteiger partial charge in [0.15, 0.2) is 0 Å². The molecule has 22 heavy (non-hydrogen) atoms. The van der Waals surface area contributed by atoms with E-state index >= 15 is 0 Å². The van der Waals surface area contributed by atoms with Crippen LogP contribution in [0.2, 0.25) is 0 Å². The molecule has 1 aliphatic rings. The average molecular weight is 323 g/mol. The second kappa shape index (κ2) is 6.18. The fourth-order valence-electron chi connectivity index (χ4n) is 2.78. The van der Waals surface area contributed by atoms with Crippen molar-refractivity contribution < 1.29 is 12.8 Å². The molecule has 3 rings (SSSR count). The minimum atomic E-state index is -3.60. The van der Waals surface area contributed by atoms with Gasteiger partial charge in [0, 0.05) is 32.0 Å². The van der Waals surface area contributed by atoms with E-state index in [0.29, 0.717) is 19.0 Å². The van der Waals surface area contributed by atoms with Crippen LogP contribution in [0, 0.1) is 11.7 Å². The van der Waals surface area contributed by atoms with Crippen molar-refractivity contribution in [1.29, 1.82) is 0 Å². The number of nitrogens with zero attached hydrogens (tertiary/aromatic N) is 3. The van der Waals surface area contributed by atoms with Crippen molar-refractivity contribution in [3.8, 4) is 0 Å². The first-order valence-electron chi connectivity index (χ1n) is 7.29. The zero-order valence-electron chi connectivity index (χ0n) is 12.1. The summed E-state index contributed by atoms with van der Waals surface area (Å²) < 4.78 is 41.6. The molecule has 1 saturated heterocycles. The molecule has 0 saturated carbocycles. The number of benzene rings is 1. The number of hydrogen-bond acceptors (Lipinski definition) is 3. The Morgan fingerprint density at radius 3 is 2.64 bits per heavy atom. The van der Waals surface area contributed by atoms with E-state index in [1.165, 1.54) is 22.5 Å². The molecule has 118 valence electrons. The number of halogens is 1. The maximum absolute atomic E-state index is 13.2. The Hall–Kier alpha value is -1.73. The monoisotopic (exact) mass is 323 g/mol. The highest BCUT2D eigenvalue weighted by Gasteiger charge is 2.29. The summed E-state index contributed by atoms with van der Waals surface area (Å²) >= 11 is 0. The third-order valence-electron chi connectivity index (χ3n) is 4.01. The predicted molar refractivity (Wildman–Crippen MR) is 80.1 cm³/mol. The maximum atomic E-state index is 13.2. The molecular formula is C15H18FN3O2S. The standard InChI is InChI=1S/C15H18FN3O2S/c16-14-3-1-4-15(11-14)22(20,21)19-9-5-13(6-10-19)12-18-8-2-7-17-18/h1-4,7-8,11,13H,5-6,9-10,12H2. The molecule has 5 nitrogen and oxygen atoms in total. The van der Waals surface area contributed by atoms with Crippen LogP contribution in [0.5, 0.6) is 0 Å². The molecule has 0 atom stereocenters. The zero-order valence-corrected chi connectivity index (χ0v) is 12.9. The van der Waals surface area contributed by atoms with Crippen LogP contribution in [0.3, 0.4) is 0 Å². The first kappa shape index (κ1) is 15.2. The third kappa shape index (κ3) is 3.20. The van der Waals surface area contributed by atoms with Gasteiger partial charge in [0.05, 0.1) is 4.90 Å². The van der Waals surface area contributed by atoms with Gasteiger partial charge in [-0.05, 0) is 43.0 Å². The number of sulfonamides is 1. The highest BCUT2D eigenvalue weighted by atomic mass is 32.2. The van der Waals surface area contributed by atoms with Gasteiger partial charge in [0.1, 0.15) is 5.82 Å². The second-order valence-electron chi connectivity index (χ2n) is 5.53. The zero-order chi connectivity index (χ0) is 15.6. The molecule has 0 N–H and O–H groups in total. The summed E-state index contributed by atoms with van der Waals surface area (Å²) in [6.45, 7) is 1.73. The molecule has 1 aliphatic heterocycles. The van der Waals surface area contributed by atoms with Crippen LogP contribution < -0.4 is 0 Å². The molecule has 0 amide bonds. The van der Waals surface area contributed by atoms with E-state index in [0.717, 1.165) is 25.5 Å². The van der Waals surface area contributed by atoms with E-state index < -0.39 is 15.8 Å². The average Bonchev–Trinajstić information content (AvgIpc) is 3.01. The summed E-state index contributed by atoms with van der Waals surface area (Å²) in [6.07, 6.45) is 5.22. The maximum Gasteiger partial charge on any atom is 0.243 e. The topological polar surface area (TPSA) is 55.2 Å². The van der Waals surface area contributed by atoms with Crippen LogP contribution in [0.15, 0.2) is 47.6 Å². The number of hydrogen-bond donors (Lipinski definition) is 0. The molecule has 7 heteroatoms. The molecule has 2 heterocycles. The van der Waals surface area contributed by atoms with E-state index in [4.69, 9.17) is 0 Å². The van der Waals surface area contributed by atoms with Gasteiger partial charge in [-0.2, -0.15) is 9.40 Å². The Kier molecular flexibility index (Phi) is 4.26. The van der Waals surface area contributed by atoms with Gasteiger partial charge in [-0.1, -0.05) is 6.07 Å². The van der Waals surface area contributed by atoms with Gasteiger partial charge in [-0.3, -0.25) is 4.68 Å². The second-order valence-corrected chi connectivity index (χ2v) is 7.47. The van der Waals surface area contributed by atoms with Crippen molar-refractivity contribution in [2.24, 2.45) is 5.92 Å². The van der Waals surface area contributed by atoms with Crippen LogP contribution in [-0.2, 0) is 16.6 Å². The van der Waals surface area contributed by atoms with Crippen molar-refractivity contribution in [2.75, 3.05) is 13.1 Å².